The number of para-hydroxylation sites is 1. The van der Waals surface area contributed by atoms with Gasteiger partial charge in [0.05, 0.1) is 0 Å². The van der Waals surface area contributed by atoms with Crippen LogP contribution in [-0.4, -0.2) is 35.1 Å². The minimum Gasteiger partial charge on any atom is -0.371 e. The first-order valence-electron chi connectivity index (χ1n) is 9.71. The molecule has 0 saturated carbocycles. The molecule has 1 amide bonds. The molecule has 1 atom stereocenters. The van der Waals surface area contributed by atoms with Crippen molar-refractivity contribution in [3.63, 3.8) is 0 Å². The molecular formula is C21H30N4O. The Morgan fingerprint density at radius 1 is 1.27 bits per heavy atom. The molecule has 2 heterocycles. The van der Waals surface area contributed by atoms with Gasteiger partial charge in [0.1, 0.15) is 11.9 Å². The number of carbonyl (C=O) groups is 1. The van der Waals surface area contributed by atoms with Crippen LogP contribution in [0.25, 0.3) is 0 Å². The van der Waals surface area contributed by atoms with E-state index in [9.17, 15) is 4.79 Å². The molecule has 1 aromatic carbocycles. The van der Waals surface area contributed by atoms with Crippen LogP contribution in [0.1, 0.15) is 57.0 Å². The van der Waals surface area contributed by atoms with Gasteiger partial charge in [0.2, 0.25) is 5.91 Å². The van der Waals surface area contributed by atoms with Crippen LogP contribution in [0.15, 0.2) is 36.7 Å². The number of fused-ring (bicyclic) bond motifs is 1. The minimum atomic E-state index is -0.231. The first-order chi connectivity index (χ1) is 12.6. The smallest absolute Gasteiger partial charge is 0.242 e. The Balaban J connectivity index is 1.48. The van der Waals surface area contributed by atoms with Gasteiger partial charge in [-0.1, -0.05) is 32.0 Å². The number of aromatic nitrogens is 2. The van der Waals surface area contributed by atoms with E-state index in [4.69, 9.17) is 0 Å². The topological polar surface area (TPSA) is 50.2 Å². The van der Waals surface area contributed by atoms with E-state index in [1.165, 1.54) is 24.1 Å². The molecule has 1 unspecified atom stereocenters. The molecule has 0 bridgehead atoms. The third-order valence-corrected chi connectivity index (χ3v) is 5.12. The molecule has 0 fully saturated rings. The largest absolute Gasteiger partial charge is 0.371 e. The average Bonchev–Trinajstić information content (AvgIpc) is 3.14. The van der Waals surface area contributed by atoms with Crippen molar-refractivity contribution < 1.29 is 4.79 Å². The van der Waals surface area contributed by atoms with Crippen molar-refractivity contribution in [3.8, 4) is 0 Å². The van der Waals surface area contributed by atoms with E-state index in [2.05, 4.69) is 53.3 Å². The van der Waals surface area contributed by atoms with Crippen molar-refractivity contribution in [2.75, 3.05) is 24.5 Å². The summed E-state index contributed by atoms with van der Waals surface area (Å²) >= 11 is 0. The molecule has 5 heteroatoms. The van der Waals surface area contributed by atoms with Gasteiger partial charge >= 0.3 is 0 Å². The zero-order valence-corrected chi connectivity index (χ0v) is 16.1. The van der Waals surface area contributed by atoms with Crippen LogP contribution < -0.4 is 10.2 Å². The van der Waals surface area contributed by atoms with E-state index in [-0.39, 0.29) is 11.9 Å². The summed E-state index contributed by atoms with van der Waals surface area (Å²) in [5, 5.41) is 3.09. The Labute approximate surface area is 156 Å². The number of hydrogen-bond donors (Lipinski definition) is 1. The first kappa shape index (κ1) is 18.5. The van der Waals surface area contributed by atoms with Gasteiger partial charge in [-0.15, -0.1) is 0 Å². The number of nitrogens with one attached hydrogen (secondary N) is 1. The second-order valence-corrected chi connectivity index (χ2v) is 7.39. The molecule has 2 aromatic rings. The highest BCUT2D eigenvalue weighted by molar-refractivity contribution is 5.79. The number of anilines is 1. The maximum absolute atomic E-state index is 12.5. The van der Waals surface area contributed by atoms with Crippen molar-refractivity contribution in [1.29, 1.82) is 0 Å². The highest BCUT2D eigenvalue weighted by atomic mass is 16.2. The normalized spacial score (nSPS) is 15.0. The van der Waals surface area contributed by atoms with Crippen LogP contribution in [0, 0.1) is 0 Å². The Bertz CT molecular complexity index is 737. The van der Waals surface area contributed by atoms with E-state index in [0.29, 0.717) is 12.5 Å². The van der Waals surface area contributed by atoms with Gasteiger partial charge in [-0.2, -0.15) is 0 Å². The Morgan fingerprint density at radius 3 is 2.88 bits per heavy atom. The summed E-state index contributed by atoms with van der Waals surface area (Å²) < 4.78 is 1.97. The number of amides is 1. The second-order valence-electron chi connectivity index (χ2n) is 7.39. The molecule has 3 rings (SSSR count). The van der Waals surface area contributed by atoms with Gasteiger partial charge in [0, 0.05) is 43.6 Å². The highest BCUT2D eigenvalue weighted by Crippen LogP contribution is 2.26. The van der Waals surface area contributed by atoms with E-state index in [1.54, 1.807) is 6.20 Å². The lowest BCUT2D eigenvalue weighted by atomic mass is 10.0. The van der Waals surface area contributed by atoms with Crippen LogP contribution in [0.2, 0.25) is 0 Å². The van der Waals surface area contributed by atoms with E-state index < -0.39 is 0 Å². The summed E-state index contributed by atoms with van der Waals surface area (Å²) in [4.78, 5) is 19.3. The minimum absolute atomic E-state index is 0.0592. The molecule has 1 aliphatic rings. The molecule has 140 valence electrons. The average molecular weight is 354 g/mol. The number of benzene rings is 1. The molecule has 1 aromatic heterocycles. The molecule has 0 spiro atoms. The van der Waals surface area contributed by atoms with E-state index in [1.807, 2.05) is 17.7 Å². The fourth-order valence-corrected chi connectivity index (χ4v) is 3.70. The van der Waals surface area contributed by atoms with Crippen LogP contribution in [-0.2, 0) is 11.2 Å². The van der Waals surface area contributed by atoms with Gasteiger partial charge in [0.25, 0.3) is 0 Å². The Hall–Kier alpha value is -2.30. The van der Waals surface area contributed by atoms with Crippen molar-refractivity contribution in [1.82, 2.24) is 14.9 Å². The number of imidazole rings is 1. The van der Waals surface area contributed by atoms with Crippen LogP contribution >= 0.6 is 0 Å². The second kappa shape index (κ2) is 8.39. The Morgan fingerprint density at radius 2 is 2.08 bits per heavy atom. The molecular weight excluding hydrogens is 324 g/mol. The molecule has 26 heavy (non-hydrogen) atoms. The fraction of sp³-hybridized carbons (Fsp3) is 0.524. The monoisotopic (exact) mass is 354 g/mol. The zero-order valence-electron chi connectivity index (χ0n) is 16.1. The zero-order chi connectivity index (χ0) is 18.5. The summed E-state index contributed by atoms with van der Waals surface area (Å²) in [5.74, 6) is 1.32. The third kappa shape index (κ3) is 4.09. The summed E-state index contributed by atoms with van der Waals surface area (Å²) in [5.41, 5.74) is 2.80. The van der Waals surface area contributed by atoms with E-state index >= 15 is 0 Å². The van der Waals surface area contributed by atoms with Gasteiger partial charge in [-0.3, -0.25) is 4.79 Å². The summed E-state index contributed by atoms with van der Waals surface area (Å²) in [6, 6.07) is 8.43. The van der Waals surface area contributed by atoms with Gasteiger partial charge in [-0.25, -0.2) is 4.98 Å². The van der Waals surface area contributed by atoms with Crippen LogP contribution in [0.3, 0.4) is 0 Å². The lowest BCUT2D eigenvalue weighted by Gasteiger charge is -2.31. The highest BCUT2D eigenvalue weighted by Gasteiger charge is 2.19. The van der Waals surface area contributed by atoms with Crippen molar-refractivity contribution in [2.24, 2.45) is 0 Å². The van der Waals surface area contributed by atoms with Gasteiger partial charge < -0.3 is 14.8 Å². The first-order valence-corrected chi connectivity index (χ1v) is 9.71. The quantitative estimate of drug-likeness (QED) is 0.774. The van der Waals surface area contributed by atoms with Crippen molar-refractivity contribution in [2.45, 2.75) is 52.0 Å². The van der Waals surface area contributed by atoms with Crippen molar-refractivity contribution in [3.05, 3.63) is 48.0 Å². The predicted molar refractivity (Wildman–Crippen MR) is 106 cm³/mol. The number of hydrogen-bond acceptors (Lipinski definition) is 3. The number of rotatable bonds is 7. The Kier molecular flexibility index (Phi) is 5.96. The van der Waals surface area contributed by atoms with Crippen LogP contribution in [0.4, 0.5) is 5.69 Å². The number of aryl methyl sites for hydroxylation is 1. The standard InChI is InChI=1S/C21H30N4O/c1-16(2)20-22-12-15-25(20)17(3)21(26)23-11-7-14-24-13-6-9-18-8-4-5-10-19(18)24/h4-5,8,10,12,15-17H,6-7,9,11,13-14H2,1-3H3,(H,23,26). The molecule has 0 radical (unpaired) electrons. The fourth-order valence-electron chi connectivity index (χ4n) is 3.70. The molecule has 0 saturated heterocycles. The number of carbonyl (C=O) groups excluding carboxylic acids is 1. The summed E-state index contributed by atoms with van der Waals surface area (Å²) in [6.45, 7) is 8.92. The SMILES string of the molecule is CC(C)c1nccn1C(C)C(=O)NCCCN1CCCc2ccccc21. The molecule has 5 nitrogen and oxygen atoms in total. The lowest BCUT2D eigenvalue weighted by molar-refractivity contribution is -0.123. The van der Waals surface area contributed by atoms with Gasteiger partial charge in [0.15, 0.2) is 0 Å². The maximum atomic E-state index is 12.5. The maximum Gasteiger partial charge on any atom is 0.242 e. The lowest BCUT2D eigenvalue weighted by Crippen LogP contribution is -2.35. The van der Waals surface area contributed by atoms with Gasteiger partial charge in [-0.05, 0) is 37.8 Å². The molecule has 0 aliphatic carbocycles. The molecule has 1 aliphatic heterocycles. The summed E-state index contributed by atoms with van der Waals surface area (Å²) in [6.07, 6.45) is 6.99. The molecule has 1 N–H and O–H groups in total. The number of nitrogens with zero attached hydrogens (tertiary/aromatic N) is 3. The van der Waals surface area contributed by atoms with Crippen LogP contribution in [0.5, 0.6) is 0 Å². The third-order valence-electron chi connectivity index (χ3n) is 5.12. The predicted octanol–water partition coefficient (Wildman–Crippen LogP) is 3.53. The van der Waals surface area contributed by atoms with Crippen molar-refractivity contribution >= 4 is 11.6 Å². The summed E-state index contributed by atoms with van der Waals surface area (Å²) in [7, 11) is 0. The van der Waals surface area contributed by atoms with E-state index in [0.717, 1.165) is 25.3 Å².